The van der Waals surface area contributed by atoms with Gasteiger partial charge in [0.1, 0.15) is 0 Å². The number of piperidine rings is 1. The number of likely N-dealkylation sites (tertiary alicyclic amines) is 1. The number of nitrogens with two attached hydrogens (primary N) is 1. The van der Waals surface area contributed by atoms with Crippen LogP contribution in [-0.2, 0) is 5.41 Å². The molecule has 1 aromatic carbocycles. The van der Waals surface area contributed by atoms with E-state index in [1.807, 2.05) is 6.07 Å². The van der Waals surface area contributed by atoms with E-state index in [2.05, 4.69) is 30.0 Å². The second kappa shape index (κ2) is 6.12. The molecule has 1 aliphatic heterocycles. The zero-order chi connectivity index (χ0) is 15.9. The molecule has 2 saturated carbocycles. The Morgan fingerprint density at radius 3 is 2.57 bits per heavy atom. The highest BCUT2D eigenvalue weighted by molar-refractivity contribution is 5.47. The van der Waals surface area contributed by atoms with Gasteiger partial charge in [-0.15, -0.1) is 0 Å². The topological polar surface area (TPSA) is 29.3 Å². The normalized spacial score (nSPS) is 34.5. The molecule has 0 aromatic heterocycles. The lowest BCUT2D eigenvalue weighted by Gasteiger charge is -2.26. The first-order chi connectivity index (χ1) is 11.2. The SMILES string of the molecule is CC1(c2cccc(N)c2)C2CN(CCCC3CCCCC3)CC21. The smallest absolute Gasteiger partial charge is 0.0316 e. The Balaban J connectivity index is 1.25. The summed E-state index contributed by atoms with van der Waals surface area (Å²) in [4.78, 5) is 2.73. The number of benzene rings is 1. The van der Waals surface area contributed by atoms with Crippen molar-refractivity contribution in [2.24, 2.45) is 17.8 Å². The molecule has 4 rings (SSSR count). The average molecular weight is 313 g/mol. The molecule has 3 fully saturated rings. The monoisotopic (exact) mass is 312 g/mol. The van der Waals surface area contributed by atoms with Crippen LogP contribution in [-0.4, -0.2) is 24.5 Å². The van der Waals surface area contributed by atoms with E-state index < -0.39 is 0 Å². The molecule has 2 unspecified atom stereocenters. The van der Waals surface area contributed by atoms with E-state index in [0.717, 1.165) is 23.4 Å². The summed E-state index contributed by atoms with van der Waals surface area (Å²) in [6, 6.07) is 8.60. The van der Waals surface area contributed by atoms with Gasteiger partial charge >= 0.3 is 0 Å². The van der Waals surface area contributed by atoms with Gasteiger partial charge in [0.05, 0.1) is 0 Å². The summed E-state index contributed by atoms with van der Waals surface area (Å²) in [6.07, 6.45) is 10.3. The van der Waals surface area contributed by atoms with Gasteiger partial charge in [-0.25, -0.2) is 0 Å². The van der Waals surface area contributed by atoms with Crippen molar-refractivity contribution in [3.63, 3.8) is 0 Å². The van der Waals surface area contributed by atoms with Gasteiger partial charge in [-0.3, -0.25) is 0 Å². The van der Waals surface area contributed by atoms with Gasteiger partial charge < -0.3 is 10.6 Å². The predicted molar refractivity (Wildman–Crippen MR) is 97.4 cm³/mol. The van der Waals surface area contributed by atoms with E-state index in [0.29, 0.717) is 5.41 Å². The van der Waals surface area contributed by atoms with Crippen LogP contribution in [0.5, 0.6) is 0 Å². The highest BCUT2D eigenvalue weighted by Crippen LogP contribution is 2.63. The standard InChI is InChI=1S/C21H32N2/c1-21(17-10-5-11-18(22)13-17)19-14-23(15-20(19)21)12-6-9-16-7-3-2-4-8-16/h5,10-11,13,16,19-20H,2-4,6-9,12,14-15,22H2,1H3. The molecule has 2 nitrogen and oxygen atoms in total. The van der Waals surface area contributed by atoms with Crippen molar-refractivity contribution in [2.45, 2.75) is 57.3 Å². The van der Waals surface area contributed by atoms with Crippen LogP contribution in [0.15, 0.2) is 24.3 Å². The third-order valence-corrected chi connectivity index (χ3v) is 7.15. The molecule has 0 amide bonds. The molecule has 3 aliphatic rings. The number of nitrogens with zero attached hydrogens (tertiary/aromatic N) is 1. The fourth-order valence-electron chi connectivity index (χ4n) is 5.53. The first-order valence-electron chi connectivity index (χ1n) is 9.76. The summed E-state index contributed by atoms with van der Waals surface area (Å²) in [6.45, 7) is 6.40. The molecule has 1 heterocycles. The Morgan fingerprint density at radius 2 is 1.87 bits per heavy atom. The molecule has 0 bridgehead atoms. The molecule has 23 heavy (non-hydrogen) atoms. The van der Waals surface area contributed by atoms with E-state index in [4.69, 9.17) is 5.73 Å². The highest BCUT2D eigenvalue weighted by atomic mass is 15.2. The van der Waals surface area contributed by atoms with Gasteiger partial charge in [0, 0.05) is 24.2 Å². The number of nitrogen functional groups attached to an aromatic ring is 1. The van der Waals surface area contributed by atoms with E-state index in [1.165, 1.54) is 70.1 Å². The second-order valence-electron chi connectivity index (χ2n) is 8.53. The van der Waals surface area contributed by atoms with E-state index in [1.54, 1.807) is 0 Å². The van der Waals surface area contributed by atoms with Crippen molar-refractivity contribution in [3.05, 3.63) is 29.8 Å². The summed E-state index contributed by atoms with van der Waals surface area (Å²) < 4.78 is 0. The molecule has 0 radical (unpaired) electrons. The molecule has 2 aliphatic carbocycles. The van der Waals surface area contributed by atoms with Crippen LogP contribution < -0.4 is 5.73 Å². The Labute approximate surface area is 141 Å². The molecule has 126 valence electrons. The largest absolute Gasteiger partial charge is 0.399 e. The molecule has 0 spiro atoms. The maximum Gasteiger partial charge on any atom is 0.0316 e. The molecule has 2 atom stereocenters. The van der Waals surface area contributed by atoms with Crippen molar-refractivity contribution in [1.29, 1.82) is 0 Å². The molecule has 1 aromatic rings. The number of hydrogen-bond acceptors (Lipinski definition) is 2. The molecular formula is C21H32N2. The molecule has 2 heteroatoms. The fourth-order valence-corrected chi connectivity index (χ4v) is 5.53. The van der Waals surface area contributed by atoms with Crippen LogP contribution in [0.1, 0.15) is 57.4 Å². The third kappa shape index (κ3) is 2.91. The molecular weight excluding hydrogens is 280 g/mol. The van der Waals surface area contributed by atoms with E-state index in [9.17, 15) is 0 Å². The van der Waals surface area contributed by atoms with Crippen LogP contribution in [0.3, 0.4) is 0 Å². The predicted octanol–water partition coefficient (Wildman–Crippen LogP) is 4.45. The van der Waals surface area contributed by atoms with Crippen molar-refractivity contribution in [3.8, 4) is 0 Å². The number of rotatable bonds is 5. The fraction of sp³-hybridized carbons (Fsp3) is 0.714. The highest BCUT2D eigenvalue weighted by Gasteiger charge is 2.65. The van der Waals surface area contributed by atoms with Crippen molar-refractivity contribution in [2.75, 3.05) is 25.4 Å². The van der Waals surface area contributed by atoms with Gasteiger partial charge in [-0.05, 0) is 54.8 Å². The molecule has 2 N–H and O–H groups in total. The van der Waals surface area contributed by atoms with Crippen LogP contribution >= 0.6 is 0 Å². The molecule has 1 saturated heterocycles. The Bertz CT molecular complexity index is 535. The number of anilines is 1. The van der Waals surface area contributed by atoms with Gasteiger partial charge in [-0.2, -0.15) is 0 Å². The zero-order valence-corrected chi connectivity index (χ0v) is 14.6. The average Bonchev–Trinajstić information content (AvgIpc) is 2.93. The number of hydrogen-bond donors (Lipinski definition) is 1. The van der Waals surface area contributed by atoms with Gasteiger partial charge in [0.2, 0.25) is 0 Å². The minimum Gasteiger partial charge on any atom is -0.399 e. The lowest BCUT2D eigenvalue weighted by molar-refractivity contribution is 0.253. The van der Waals surface area contributed by atoms with E-state index >= 15 is 0 Å². The van der Waals surface area contributed by atoms with E-state index in [-0.39, 0.29) is 0 Å². The Hall–Kier alpha value is -1.02. The van der Waals surface area contributed by atoms with Crippen LogP contribution in [0.4, 0.5) is 5.69 Å². The summed E-state index contributed by atoms with van der Waals surface area (Å²) in [5.74, 6) is 2.76. The van der Waals surface area contributed by atoms with Crippen molar-refractivity contribution < 1.29 is 0 Å². The third-order valence-electron chi connectivity index (χ3n) is 7.15. The Kier molecular flexibility index (Phi) is 4.13. The quantitative estimate of drug-likeness (QED) is 0.814. The van der Waals surface area contributed by atoms with Gasteiger partial charge in [0.25, 0.3) is 0 Å². The van der Waals surface area contributed by atoms with Gasteiger partial charge in [0.15, 0.2) is 0 Å². The lowest BCUT2D eigenvalue weighted by atomic mass is 9.86. The lowest BCUT2D eigenvalue weighted by Crippen LogP contribution is -2.30. The summed E-state index contributed by atoms with van der Waals surface area (Å²) >= 11 is 0. The van der Waals surface area contributed by atoms with Crippen LogP contribution in [0.2, 0.25) is 0 Å². The van der Waals surface area contributed by atoms with Crippen LogP contribution in [0, 0.1) is 17.8 Å². The van der Waals surface area contributed by atoms with Crippen molar-refractivity contribution in [1.82, 2.24) is 4.90 Å². The number of fused-ring (bicyclic) bond motifs is 1. The minimum absolute atomic E-state index is 0.398. The summed E-state index contributed by atoms with van der Waals surface area (Å²) in [7, 11) is 0. The summed E-state index contributed by atoms with van der Waals surface area (Å²) in [5.41, 5.74) is 8.77. The summed E-state index contributed by atoms with van der Waals surface area (Å²) in [5, 5.41) is 0. The maximum atomic E-state index is 5.99. The first-order valence-corrected chi connectivity index (χ1v) is 9.76. The zero-order valence-electron chi connectivity index (χ0n) is 14.6. The van der Waals surface area contributed by atoms with Gasteiger partial charge in [-0.1, -0.05) is 51.2 Å². The minimum atomic E-state index is 0.398. The Morgan fingerprint density at radius 1 is 1.13 bits per heavy atom. The van der Waals surface area contributed by atoms with Crippen molar-refractivity contribution >= 4 is 5.69 Å². The first kappa shape index (κ1) is 15.5. The van der Waals surface area contributed by atoms with Crippen LogP contribution in [0.25, 0.3) is 0 Å². The second-order valence-corrected chi connectivity index (χ2v) is 8.53. The maximum absolute atomic E-state index is 5.99.